The molecule has 0 aromatic heterocycles. The summed E-state index contributed by atoms with van der Waals surface area (Å²) in [4.78, 5) is 13.0. The maximum absolute atomic E-state index is 15.2. The van der Waals surface area contributed by atoms with Crippen molar-refractivity contribution in [2.75, 3.05) is 25.7 Å². The Morgan fingerprint density at radius 3 is 2.42 bits per heavy atom. The monoisotopic (exact) mass is 459 g/mol. The molecule has 0 bridgehead atoms. The predicted molar refractivity (Wildman–Crippen MR) is 120 cm³/mol. The zero-order chi connectivity index (χ0) is 24.1. The van der Waals surface area contributed by atoms with E-state index in [1.54, 1.807) is 44.2 Å². The lowest BCUT2D eigenvalue weighted by molar-refractivity contribution is -0.149. The van der Waals surface area contributed by atoms with Crippen LogP contribution in [0, 0.1) is 17.5 Å². The van der Waals surface area contributed by atoms with Crippen molar-refractivity contribution in [3.63, 3.8) is 0 Å². The number of anilines is 2. The van der Waals surface area contributed by atoms with E-state index in [-0.39, 0.29) is 17.5 Å². The Kier molecular flexibility index (Phi) is 7.48. The second-order valence-electron chi connectivity index (χ2n) is 7.52. The SMILES string of the molecule is COc1cc(-c2cccc(F)c2)cc(N(C)c2c(F)ccc(OCC(=O)OC(C)C)c2F)c1. The van der Waals surface area contributed by atoms with Gasteiger partial charge in [0.15, 0.2) is 18.2 Å². The lowest BCUT2D eigenvalue weighted by atomic mass is 10.0. The molecule has 5 nitrogen and oxygen atoms in total. The Morgan fingerprint density at radius 2 is 1.76 bits per heavy atom. The summed E-state index contributed by atoms with van der Waals surface area (Å²) in [6.07, 6.45) is -0.346. The molecule has 8 heteroatoms. The molecule has 0 saturated heterocycles. The highest BCUT2D eigenvalue weighted by Gasteiger charge is 2.21. The molecule has 0 fully saturated rings. The maximum Gasteiger partial charge on any atom is 0.344 e. The van der Waals surface area contributed by atoms with E-state index in [9.17, 15) is 13.6 Å². The van der Waals surface area contributed by atoms with Gasteiger partial charge in [-0.1, -0.05) is 12.1 Å². The van der Waals surface area contributed by atoms with Crippen molar-refractivity contribution in [1.29, 1.82) is 0 Å². The van der Waals surface area contributed by atoms with E-state index in [0.29, 0.717) is 22.6 Å². The van der Waals surface area contributed by atoms with Crippen LogP contribution in [0.3, 0.4) is 0 Å². The molecule has 0 spiro atoms. The normalized spacial score (nSPS) is 10.8. The van der Waals surface area contributed by atoms with Gasteiger partial charge in [0, 0.05) is 18.8 Å². The number of ether oxygens (including phenoxy) is 3. The van der Waals surface area contributed by atoms with Gasteiger partial charge in [0.2, 0.25) is 0 Å². The third-order valence-electron chi connectivity index (χ3n) is 4.75. The van der Waals surface area contributed by atoms with Gasteiger partial charge in [0.25, 0.3) is 0 Å². The number of rotatable bonds is 8. The van der Waals surface area contributed by atoms with Crippen LogP contribution >= 0.6 is 0 Å². The van der Waals surface area contributed by atoms with Crippen molar-refractivity contribution in [3.8, 4) is 22.6 Å². The van der Waals surface area contributed by atoms with Crippen LogP contribution in [0.5, 0.6) is 11.5 Å². The van der Waals surface area contributed by atoms with Crippen LogP contribution in [0.4, 0.5) is 24.5 Å². The zero-order valence-electron chi connectivity index (χ0n) is 18.7. The van der Waals surface area contributed by atoms with Gasteiger partial charge in [0.1, 0.15) is 23.1 Å². The molecule has 33 heavy (non-hydrogen) atoms. The Balaban J connectivity index is 1.97. The van der Waals surface area contributed by atoms with Gasteiger partial charge in [-0.3, -0.25) is 0 Å². The molecule has 0 amide bonds. The zero-order valence-corrected chi connectivity index (χ0v) is 18.7. The van der Waals surface area contributed by atoms with Crippen LogP contribution in [-0.4, -0.2) is 32.8 Å². The molecular weight excluding hydrogens is 435 g/mol. The molecule has 0 aliphatic heterocycles. The number of benzene rings is 3. The average Bonchev–Trinajstić information content (AvgIpc) is 2.77. The number of hydrogen-bond acceptors (Lipinski definition) is 5. The second kappa shape index (κ2) is 10.3. The van der Waals surface area contributed by atoms with Crippen LogP contribution in [0.1, 0.15) is 13.8 Å². The van der Waals surface area contributed by atoms with Gasteiger partial charge in [0.05, 0.1) is 13.2 Å². The fraction of sp³-hybridized carbons (Fsp3) is 0.240. The van der Waals surface area contributed by atoms with Gasteiger partial charge >= 0.3 is 5.97 Å². The summed E-state index contributed by atoms with van der Waals surface area (Å²) < 4.78 is 59.1. The van der Waals surface area contributed by atoms with E-state index in [2.05, 4.69) is 0 Å². The molecule has 174 valence electrons. The van der Waals surface area contributed by atoms with Crippen molar-refractivity contribution >= 4 is 17.3 Å². The summed E-state index contributed by atoms with van der Waals surface area (Å²) in [5.41, 5.74) is 1.18. The number of esters is 1. The van der Waals surface area contributed by atoms with E-state index in [1.165, 1.54) is 31.2 Å². The third kappa shape index (κ3) is 5.77. The van der Waals surface area contributed by atoms with Crippen molar-refractivity contribution in [3.05, 3.63) is 72.0 Å². The molecule has 3 rings (SSSR count). The Hall–Kier alpha value is -3.68. The predicted octanol–water partition coefficient (Wildman–Crippen LogP) is 5.88. The summed E-state index contributed by atoms with van der Waals surface area (Å²) in [6, 6.07) is 13.1. The fourth-order valence-electron chi connectivity index (χ4n) is 3.23. The second-order valence-corrected chi connectivity index (χ2v) is 7.52. The minimum absolute atomic E-state index is 0.299. The highest BCUT2D eigenvalue weighted by molar-refractivity contribution is 5.75. The quantitative estimate of drug-likeness (QED) is 0.394. The number of halogens is 3. The first-order chi connectivity index (χ1) is 15.7. The van der Waals surface area contributed by atoms with E-state index < -0.39 is 30.0 Å². The first kappa shape index (κ1) is 24.0. The first-order valence-electron chi connectivity index (χ1n) is 10.2. The molecule has 3 aromatic carbocycles. The largest absolute Gasteiger partial charge is 0.497 e. The summed E-state index contributed by atoms with van der Waals surface area (Å²) >= 11 is 0. The molecule has 0 aliphatic carbocycles. The molecule has 0 unspecified atom stereocenters. The number of hydrogen-bond donors (Lipinski definition) is 0. The summed E-state index contributed by atoms with van der Waals surface area (Å²) in [6.45, 7) is 2.83. The first-order valence-corrected chi connectivity index (χ1v) is 10.2. The smallest absolute Gasteiger partial charge is 0.344 e. The highest BCUT2D eigenvalue weighted by Crippen LogP contribution is 2.37. The van der Waals surface area contributed by atoms with E-state index >= 15 is 4.39 Å². The van der Waals surface area contributed by atoms with Crippen LogP contribution in [0.15, 0.2) is 54.6 Å². The fourth-order valence-corrected chi connectivity index (χ4v) is 3.23. The number of nitrogens with zero attached hydrogens (tertiary/aromatic N) is 1. The molecule has 0 aliphatic rings. The molecular formula is C25H24F3NO4. The minimum Gasteiger partial charge on any atom is -0.497 e. The summed E-state index contributed by atoms with van der Waals surface area (Å²) in [7, 11) is 2.93. The summed E-state index contributed by atoms with van der Waals surface area (Å²) in [5, 5.41) is 0. The van der Waals surface area contributed by atoms with Crippen molar-refractivity contribution in [1.82, 2.24) is 0 Å². The molecule has 0 saturated carbocycles. The van der Waals surface area contributed by atoms with Crippen LogP contribution in [0.25, 0.3) is 11.1 Å². The molecule has 0 atom stereocenters. The van der Waals surface area contributed by atoms with Gasteiger partial charge in [-0.15, -0.1) is 0 Å². The van der Waals surface area contributed by atoms with Crippen LogP contribution in [-0.2, 0) is 9.53 Å². The van der Waals surface area contributed by atoms with E-state index in [1.807, 2.05) is 0 Å². The van der Waals surface area contributed by atoms with Gasteiger partial charge < -0.3 is 19.1 Å². The minimum atomic E-state index is -0.982. The van der Waals surface area contributed by atoms with Crippen LogP contribution < -0.4 is 14.4 Å². The maximum atomic E-state index is 15.2. The summed E-state index contributed by atoms with van der Waals surface area (Å²) in [5.74, 6) is -2.78. The van der Waals surface area contributed by atoms with Gasteiger partial charge in [-0.05, 0) is 61.4 Å². The number of carbonyl (C=O) groups excluding carboxylic acids is 1. The number of methoxy groups -OCH3 is 1. The lowest BCUT2D eigenvalue weighted by Crippen LogP contribution is -2.20. The Bertz CT molecular complexity index is 1150. The van der Waals surface area contributed by atoms with E-state index in [4.69, 9.17) is 14.2 Å². The van der Waals surface area contributed by atoms with E-state index in [0.717, 1.165) is 12.1 Å². The molecule has 0 radical (unpaired) electrons. The molecule has 3 aromatic rings. The van der Waals surface area contributed by atoms with Gasteiger partial charge in [-0.2, -0.15) is 0 Å². The van der Waals surface area contributed by atoms with Crippen molar-refractivity contribution < 1.29 is 32.2 Å². The Morgan fingerprint density at radius 1 is 1.00 bits per heavy atom. The van der Waals surface area contributed by atoms with Crippen molar-refractivity contribution in [2.45, 2.75) is 20.0 Å². The lowest BCUT2D eigenvalue weighted by Gasteiger charge is -2.23. The third-order valence-corrected chi connectivity index (χ3v) is 4.75. The van der Waals surface area contributed by atoms with Crippen LogP contribution in [0.2, 0.25) is 0 Å². The van der Waals surface area contributed by atoms with Crippen molar-refractivity contribution in [2.24, 2.45) is 0 Å². The Labute approximate surface area is 190 Å². The standard InChI is InChI=1S/C25H24F3NO4/c1-15(2)33-23(30)14-32-22-9-8-21(27)25(24(22)28)29(3)19-11-17(12-20(13-19)31-4)16-6-5-7-18(26)10-16/h5-13,15H,14H2,1-4H3. The average molecular weight is 459 g/mol. The number of carbonyl (C=O) groups is 1. The topological polar surface area (TPSA) is 48.0 Å². The molecule has 0 N–H and O–H groups in total. The van der Waals surface area contributed by atoms with Gasteiger partial charge in [-0.25, -0.2) is 18.0 Å². The molecule has 0 heterocycles. The highest BCUT2D eigenvalue weighted by atomic mass is 19.1.